The van der Waals surface area contributed by atoms with Gasteiger partial charge in [0.05, 0.1) is 17.6 Å². The standard InChI is InChI=1S/C16H14N4OS/c1-11-14(15(21)19-12-6-3-2-4-7-12)22-16(18-11)20-13-8-5-9-17-10-13/h2-10H,1H3,(H,18,20)(H,19,21). The van der Waals surface area contributed by atoms with Gasteiger partial charge in [0.15, 0.2) is 5.13 Å². The maximum absolute atomic E-state index is 12.3. The largest absolute Gasteiger partial charge is 0.330 e. The SMILES string of the molecule is Cc1nc(Nc2cccnc2)sc1C(=O)Nc1ccccc1. The summed E-state index contributed by atoms with van der Waals surface area (Å²) >= 11 is 1.32. The summed E-state index contributed by atoms with van der Waals surface area (Å²) in [5.74, 6) is -0.152. The van der Waals surface area contributed by atoms with E-state index in [0.717, 1.165) is 11.4 Å². The number of nitrogens with zero attached hydrogens (tertiary/aromatic N) is 2. The van der Waals surface area contributed by atoms with Crippen LogP contribution in [0.3, 0.4) is 0 Å². The van der Waals surface area contributed by atoms with Crippen LogP contribution in [0.1, 0.15) is 15.4 Å². The molecule has 0 bridgehead atoms. The Morgan fingerprint density at radius 1 is 1.09 bits per heavy atom. The maximum Gasteiger partial charge on any atom is 0.267 e. The first kappa shape index (κ1) is 14.2. The highest BCUT2D eigenvalue weighted by atomic mass is 32.1. The number of aryl methyl sites for hydroxylation is 1. The summed E-state index contributed by atoms with van der Waals surface area (Å²) < 4.78 is 0. The Balaban J connectivity index is 1.76. The minimum Gasteiger partial charge on any atom is -0.330 e. The van der Waals surface area contributed by atoms with E-state index in [0.29, 0.717) is 15.7 Å². The zero-order chi connectivity index (χ0) is 15.4. The monoisotopic (exact) mass is 310 g/mol. The van der Waals surface area contributed by atoms with E-state index in [1.807, 2.05) is 49.4 Å². The van der Waals surface area contributed by atoms with Crippen molar-refractivity contribution in [2.24, 2.45) is 0 Å². The van der Waals surface area contributed by atoms with Crippen molar-refractivity contribution in [3.63, 3.8) is 0 Å². The number of nitrogens with one attached hydrogen (secondary N) is 2. The fourth-order valence-electron chi connectivity index (χ4n) is 1.93. The Morgan fingerprint density at radius 2 is 1.86 bits per heavy atom. The molecule has 22 heavy (non-hydrogen) atoms. The van der Waals surface area contributed by atoms with E-state index in [1.54, 1.807) is 12.4 Å². The normalized spacial score (nSPS) is 10.2. The average Bonchev–Trinajstić information content (AvgIpc) is 2.90. The number of hydrogen-bond acceptors (Lipinski definition) is 5. The van der Waals surface area contributed by atoms with Crippen molar-refractivity contribution in [1.82, 2.24) is 9.97 Å². The smallest absolute Gasteiger partial charge is 0.267 e. The second-order valence-electron chi connectivity index (χ2n) is 4.62. The summed E-state index contributed by atoms with van der Waals surface area (Å²) in [7, 11) is 0. The van der Waals surface area contributed by atoms with Gasteiger partial charge in [0, 0.05) is 11.9 Å². The Bertz CT molecular complexity index is 771. The van der Waals surface area contributed by atoms with Crippen molar-refractivity contribution < 1.29 is 4.79 Å². The molecule has 0 unspecified atom stereocenters. The second kappa shape index (κ2) is 6.36. The van der Waals surface area contributed by atoms with Crippen molar-refractivity contribution in [1.29, 1.82) is 0 Å². The number of rotatable bonds is 4. The van der Waals surface area contributed by atoms with Crippen molar-refractivity contribution in [3.05, 3.63) is 65.4 Å². The highest BCUT2D eigenvalue weighted by Gasteiger charge is 2.15. The molecule has 0 saturated heterocycles. The first-order chi connectivity index (χ1) is 10.7. The number of hydrogen-bond donors (Lipinski definition) is 2. The Hall–Kier alpha value is -2.73. The van der Waals surface area contributed by atoms with Gasteiger partial charge in [-0.1, -0.05) is 29.5 Å². The molecular formula is C16H14N4OS. The molecule has 0 spiro atoms. The molecule has 1 amide bonds. The summed E-state index contributed by atoms with van der Waals surface area (Å²) in [5.41, 5.74) is 2.30. The van der Waals surface area contributed by atoms with Crippen LogP contribution in [-0.4, -0.2) is 15.9 Å². The lowest BCUT2D eigenvalue weighted by atomic mass is 10.3. The molecule has 2 N–H and O–H groups in total. The molecule has 2 aromatic heterocycles. The number of anilines is 3. The van der Waals surface area contributed by atoms with Crippen LogP contribution in [0.15, 0.2) is 54.9 Å². The van der Waals surface area contributed by atoms with Gasteiger partial charge in [0.2, 0.25) is 0 Å². The van der Waals surface area contributed by atoms with Gasteiger partial charge in [-0.15, -0.1) is 0 Å². The fourth-order valence-corrected chi connectivity index (χ4v) is 2.81. The van der Waals surface area contributed by atoms with Crippen LogP contribution in [-0.2, 0) is 0 Å². The molecule has 3 rings (SSSR count). The molecular weight excluding hydrogens is 296 g/mol. The molecule has 1 aromatic carbocycles. The average molecular weight is 310 g/mol. The van der Waals surface area contributed by atoms with E-state index < -0.39 is 0 Å². The minimum absolute atomic E-state index is 0.152. The summed E-state index contributed by atoms with van der Waals surface area (Å²) in [4.78, 5) is 21.3. The lowest BCUT2D eigenvalue weighted by Gasteiger charge is -2.03. The van der Waals surface area contributed by atoms with Crippen molar-refractivity contribution in [2.45, 2.75) is 6.92 Å². The van der Waals surface area contributed by atoms with Gasteiger partial charge in [0.1, 0.15) is 4.88 Å². The van der Waals surface area contributed by atoms with E-state index in [9.17, 15) is 4.79 Å². The quantitative estimate of drug-likeness (QED) is 0.768. The molecule has 0 radical (unpaired) electrons. The lowest BCUT2D eigenvalue weighted by molar-refractivity contribution is 0.103. The van der Waals surface area contributed by atoms with Crippen LogP contribution in [0.2, 0.25) is 0 Å². The van der Waals surface area contributed by atoms with E-state index >= 15 is 0 Å². The molecule has 0 fully saturated rings. The van der Waals surface area contributed by atoms with E-state index in [2.05, 4.69) is 20.6 Å². The summed E-state index contributed by atoms with van der Waals surface area (Å²) in [6.45, 7) is 1.82. The van der Waals surface area contributed by atoms with Crippen LogP contribution in [0, 0.1) is 6.92 Å². The third-order valence-electron chi connectivity index (χ3n) is 2.95. The van der Waals surface area contributed by atoms with Gasteiger partial charge in [-0.2, -0.15) is 0 Å². The molecule has 6 heteroatoms. The molecule has 0 aliphatic carbocycles. The number of pyridine rings is 1. The van der Waals surface area contributed by atoms with Crippen molar-refractivity contribution >= 4 is 33.8 Å². The zero-order valence-corrected chi connectivity index (χ0v) is 12.7. The number of para-hydroxylation sites is 1. The van der Waals surface area contributed by atoms with Crippen LogP contribution < -0.4 is 10.6 Å². The van der Waals surface area contributed by atoms with Crippen LogP contribution in [0.25, 0.3) is 0 Å². The molecule has 0 aliphatic heterocycles. The molecule has 2 heterocycles. The third kappa shape index (κ3) is 3.29. The van der Waals surface area contributed by atoms with Gasteiger partial charge in [-0.3, -0.25) is 9.78 Å². The van der Waals surface area contributed by atoms with Gasteiger partial charge in [-0.05, 0) is 31.2 Å². The highest BCUT2D eigenvalue weighted by molar-refractivity contribution is 7.17. The summed E-state index contributed by atoms with van der Waals surface area (Å²) in [5, 5.41) is 6.69. The maximum atomic E-state index is 12.3. The Kier molecular flexibility index (Phi) is 4.11. The van der Waals surface area contributed by atoms with Crippen molar-refractivity contribution in [2.75, 3.05) is 10.6 Å². The topological polar surface area (TPSA) is 66.9 Å². The number of carbonyl (C=O) groups is 1. The van der Waals surface area contributed by atoms with E-state index in [4.69, 9.17) is 0 Å². The minimum atomic E-state index is -0.152. The fraction of sp³-hybridized carbons (Fsp3) is 0.0625. The van der Waals surface area contributed by atoms with Gasteiger partial charge in [0.25, 0.3) is 5.91 Å². The summed E-state index contributed by atoms with van der Waals surface area (Å²) in [6, 6.07) is 13.1. The predicted octanol–water partition coefficient (Wildman–Crippen LogP) is 3.84. The first-order valence-corrected chi connectivity index (χ1v) is 7.55. The zero-order valence-electron chi connectivity index (χ0n) is 11.9. The number of aromatic nitrogens is 2. The van der Waals surface area contributed by atoms with E-state index in [1.165, 1.54) is 11.3 Å². The van der Waals surface area contributed by atoms with Gasteiger partial charge >= 0.3 is 0 Å². The highest BCUT2D eigenvalue weighted by Crippen LogP contribution is 2.26. The van der Waals surface area contributed by atoms with Crippen molar-refractivity contribution in [3.8, 4) is 0 Å². The second-order valence-corrected chi connectivity index (χ2v) is 5.62. The van der Waals surface area contributed by atoms with Crippen LogP contribution in [0.4, 0.5) is 16.5 Å². The number of thiazole rings is 1. The lowest BCUT2D eigenvalue weighted by Crippen LogP contribution is -2.11. The molecule has 3 aromatic rings. The molecule has 110 valence electrons. The Morgan fingerprint density at radius 3 is 2.59 bits per heavy atom. The molecule has 0 saturated carbocycles. The van der Waals surface area contributed by atoms with Crippen LogP contribution in [0.5, 0.6) is 0 Å². The van der Waals surface area contributed by atoms with E-state index in [-0.39, 0.29) is 5.91 Å². The number of amides is 1. The molecule has 0 atom stereocenters. The van der Waals surface area contributed by atoms with Gasteiger partial charge in [-0.25, -0.2) is 4.98 Å². The third-order valence-corrected chi connectivity index (χ3v) is 4.02. The molecule has 0 aliphatic rings. The Labute approximate surface area is 132 Å². The number of carbonyl (C=O) groups excluding carboxylic acids is 1. The predicted molar refractivity (Wildman–Crippen MR) is 88.8 cm³/mol. The summed E-state index contributed by atoms with van der Waals surface area (Å²) in [6.07, 6.45) is 3.41. The first-order valence-electron chi connectivity index (χ1n) is 6.73. The molecule has 5 nitrogen and oxygen atoms in total. The number of benzene rings is 1. The van der Waals surface area contributed by atoms with Crippen LogP contribution >= 0.6 is 11.3 Å². The van der Waals surface area contributed by atoms with Gasteiger partial charge < -0.3 is 10.6 Å².